The Bertz CT molecular complexity index is 1010. The summed E-state index contributed by atoms with van der Waals surface area (Å²) in [6.07, 6.45) is 0. The number of halogens is 1. The number of amides is 1. The largest absolute Gasteiger partial charge is 0.425 e. The average molecular weight is 395 g/mol. The number of hydrogen-bond donors (Lipinski definition) is 0. The molecule has 2 aromatic carbocycles. The summed E-state index contributed by atoms with van der Waals surface area (Å²) in [6, 6.07) is 12.2. The van der Waals surface area contributed by atoms with Gasteiger partial charge in [0.2, 0.25) is 5.91 Å². The fourth-order valence-corrected chi connectivity index (χ4v) is 4.89. The highest BCUT2D eigenvalue weighted by Gasteiger charge is 2.88. The topological polar surface area (TPSA) is 63.7 Å². The van der Waals surface area contributed by atoms with E-state index in [1.165, 1.54) is 24.3 Å². The van der Waals surface area contributed by atoms with E-state index in [-0.39, 0.29) is 11.3 Å². The molecule has 29 heavy (non-hydrogen) atoms. The maximum Gasteiger partial charge on any atom is 0.328 e. The molecule has 0 spiro atoms. The van der Waals surface area contributed by atoms with Crippen molar-refractivity contribution in [3.8, 4) is 5.75 Å². The van der Waals surface area contributed by atoms with Crippen LogP contribution < -0.4 is 4.74 Å². The SMILES string of the molecule is CCN(CC)C(=O)[C@@]12C(=O)Oc3ccccc3[C@H]1[C@@]2(C)C(=O)c1ccc(F)cc1. The smallest absolute Gasteiger partial charge is 0.328 e. The molecule has 1 amide bonds. The predicted molar refractivity (Wildman–Crippen MR) is 104 cm³/mol. The average Bonchev–Trinajstić information content (AvgIpc) is 3.32. The van der Waals surface area contributed by atoms with E-state index >= 15 is 0 Å². The van der Waals surface area contributed by atoms with E-state index < -0.39 is 34.4 Å². The molecule has 5 nitrogen and oxygen atoms in total. The Labute approximate surface area is 168 Å². The molecule has 0 N–H and O–H groups in total. The minimum Gasteiger partial charge on any atom is -0.425 e. The van der Waals surface area contributed by atoms with Crippen LogP contribution in [0.15, 0.2) is 48.5 Å². The second kappa shape index (κ2) is 6.51. The molecule has 2 aliphatic rings. The van der Waals surface area contributed by atoms with E-state index in [0.29, 0.717) is 24.4 Å². The summed E-state index contributed by atoms with van der Waals surface area (Å²) in [6.45, 7) is 6.14. The number of para-hydroxylation sites is 1. The van der Waals surface area contributed by atoms with Crippen LogP contribution in [0.5, 0.6) is 5.75 Å². The van der Waals surface area contributed by atoms with Crippen molar-refractivity contribution < 1.29 is 23.5 Å². The number of carbonyl (C=O) groups excluding carboxylic acids is 3. The van der Waals surface area contributed by atoms with Crippen LogP contribution >= 0.6 is 0 Å². The molecule has 1 heterocycles. The first-order chi connectivity index (χ1) is 13.8. The summed E-state index contributed by atoms with van der Waals surface area (Å²) in [5.41, 5.74) is -1.99. The van der Waals surface area contributed by atoms with Crippen molar-refractivity contribution in [1.82, 2.24) is 4.90 Å². The predicted octanol–water partition coefficient (Wildman–Crippen LogP) is 3.59. The highest BCUT2D eigenvalue weighted by Crippen LogP contribution is 2.78. The summed E-state index contributed by atoms with van der Waals surface area (Å²) in [4.78, 5) is 41.9. The number of esters is 1. The van der Waals surface area contributed by atoms with Crippen LogP contribution in [0.3, 0.4) is 0 Å². The lowest BCUT2D eigenvalue weighted by Crippen LogP contribution is -2.47. The number of carbonyl (C=O) groups is 3. The third-order valence-corrected chi connectivity index (χ3v) is 6.47. The van der Waals surface area contributed by atoms with Crippen LogP contribution in [0.4, 0.5) is 4.39 Å². The van der Waals surface area contributed by atoms with Crippen LogP contribution in [-0.2, 0) is 9.59 Å². The summed E-state index contributed by atoms with van der Waals surface area (Å²) >= 11 is 0. The van der Waals surface area contributed by atoms with Crippen molar-refractivity contribution in [2.24, 2.45) is 10.8 Å². The summed E-state index contributed by atoms with van der Waals surface area (Å²) in [5, 5.41) is 0. The van der Waals surface area contributed by atoms with Crippen LogP contribution in [0.25, 0.3) is 0 Å². The van der Waals surface area contributed by atoms with Gasteiger partial charge in [0.05, 0.1) is 5.41 Å². The fourth-order valence-electron chi connectivity index (χ4n) is 4.89. The quantitative estimate of drug-likeness (QED) is 0.336. The first kappa shape index (κ1) is 19.3. The molecule has 1 aliphatic carbocycles. The van der Waals surface area contributed by atoms with Gasteiger partial charge in [-0.15, -0.1) is 0 Å². The van der Waals surface area contributed by atoms with Crippen LogP contribution in [0.2, 0.25) is 0 Å². The Balaban J connectivity index is 1.90. The molecule has 0 unspecified atom stereocenters. The number of benzene rings is 2. The molecule has 1 aliphatic heterocycles. The molecular weight excluding hydrogens is 373 g/mol. The van der Waals surface area contributed by atoms with Crippen LogP contribution in [0, 0.1) is 16.6 Å². The monoisotopic (exact) mass is 395 g/mol. The van der Waals surface area contributed by atoms with Crippen molar-refractivity contribution in [3.05, 3.63) is 65.5 Å². The van der Waals surface area contributed by atoms with E-state index in [9.17, 15) is 18.8 Å². The van der Waals surface area contributed by atoms with Crippen molar-refractivity contribution in [2.45, 2.75) is 26.7 Å². The number of rotatable bonds is 5. The van der Waals surface area contributed by atoms with Crippen molar-refractivity contribution in [1.29, 1.82) is 0 Å². The van der Waals surface area contributed by atoms with Crippen LogP contribution in [0.1, 0.15) is 42.6 Å². The van der Waals surface area contributed by atoms with Gasteiger partial charge in [-0.1, -0.05) is 18.2 Å². The molecule has 0 saturated heterocycles. The maximum absolute atomic E-state index is 13.6. The fraction of sp³-hybridized carbons (Fsp3) is 0.348. The van der Waals surface area contributed by atoms with E-state index in [1.807, 2.05) is 13.8 Å². The van der Waals surface area contributed by atoms with Gasteiger partial charge in [-0.25, -0.2) is 4.39 Å². The van der Waals surface area contributed by atoms with Gasteiger partial charge in [-0.3, -0.25) is 14.4 Å². The van der Waals surface area contributed by atoms with Crippen molar-refractivity contribution >= 4 is 17.7 Å². The van der Waals surface area contributed by atoms with Gasteiger partial charge in [0.1, 0.15) is 11.6 Å². The minimum atomic E-state index is -1.61. The molecule has 6 heteroatoms. The second-order valence-electron chi connectivity index (χ2n) is 7.68. The Hall–Kier alpha value is -3.02. The number of hydrogen-bond acceptors (Lipinski definition) is 4. The first-order valence-electron chi connectivity index (χ1n) is 9.74. The highest BCUT2D eigenvalue weighted by atomic mass is 19.1. The van der Waals surface area contributed by atoms with Gasteiger partial charge in [0.15, 0.2) is 11.2 Å². The van der Waals surface area contributed by atoms with Gasteiger partial charge in [0.25, 0.3) is 0 Å². The zero-order valence-corrected chi connectivity index (χ0v) is 16.6. The molecule has 2 aromatic rings. The Morgan fingerprint density at radius 3 is 2.31 bits per heavy atom. The molecule has 3 atom stereocenters. The third kappa shape index (κ3) is 2.35. The second-order valence-corrected chi connectivity index (χ2v) is 7.68. The Morgan fingerprint density at radius 1 is 1.07 bits per heavy atom. The zero-order valence-electron chi connectivity index (χ0n) is 16.6. The van der Waals surface area contributed by atoms with Gasteiger partial charge in [-0.05, 0) is 51.1 Å². The van der Waals surface area contributed by atoms with E-state index in [4.69, 9.17) is 4.74 Å². The number of fused-ring (bicyclic) bond motifs is 3. The standard InChI is InChI=1S/C23H22FNO4/c1-4-25(5-2)20(27)23-18(16-8-6-7-9-17(16)29-21(23)28)22(23,3)19(26)14-10-12-15(24)13-11-14/h6-13,18H,4-5H2,1-3H3/t18-,22-,23+/m0/s1. The molecule has 1 saturated carbocycles. The number of ether oxygens (including phenoxy) is 1. The summed E-state index contributed by atoms with van der Waals surface area (Å²) in [7, 11) is 0. The normalized spacial score (nSPS) is 26.8. The molecule has 4 rings (SSSR count). The van der Waals surface area contributed by atoms with E-state index in [2.05, 4.69) is 0 Å². The van der Waals surface area contributed by atoms with Crippen molar-refractivity contribution in [3.63, 3.8) is 0 Å². The third-order valence-electron chi connectivity index (χ3n) is 6.47. The van der Waals surface area contributed by atoms with Gasteiger partial charge < -0.3 is 9.64 Å². The summed E-state index contributed by atoms with van der Waals surface area (Å²) < 4.78 is 18.9. The number of nitrogens with zero attached hydrogens (tertiary/aromatic N) is 1. The highest BCUT2D eigenvalue weighted by molar-refractivity contribution is 6.21. The Kier molecular flexibility index (Phi) is 4.33. The molecule has 1 fully saturated rings. The van der Waals surface area contributed by atoms with Gasteiger partial charge >= 0.3 is 5.97 Å². The van der Waals surface area contributed by atoms with Gasteiger partial charge in [0, 0.05) is 30.1 Å². The maximum atomic E-state index is 13.6. The van der Waals surface area contributed by atoms with E-state index in [1.54, 1.807) is 36.1 Å². The lowest BCUT2D eigenvalue weighted by atomic mass is 9.86. The molecule has 0 aromatic heterocycles. The van der Waals surface area contributed by atoms with Crippen LogP contribution in [-0.4, -0.2) is 35.6 Å². The van der Waals surface area contributed by atoms with Crippen molar-refractivity contribution in [2.75, 3.05) is 13.1 Å². The number of Topliss-reactive ketones (excluding diaryl/α,β-unsaturated/α-hetero) is 1. The Morgan fingerprint density at radius 2 is 1.69 bits per heavy atom. The first-order valence-corrected chi connectivity index (χ1v) is 9.74. The lowest BCUT2D eigenvalue weighted by molar-refractivity contribution is -0.154. The zero-order chi connectivity index (χ0) is 21.0. The molecule has 0 radical (unpaired) electrons. The molecular formula is C23H22FNO4. The molecule has 0 bridgehead atoms. The van der Waals surface area contributed by atoms with E-state index in [0.717, 1.165) is 0 Å². The molecule has 150 valence electrons. The summed E-state index contributed by atoms with van der Waals surface area (Å²) in [5.74, 6) is -2.17. The minimum absolute atomic E-state index is 0.264. The van der Waals surface area contributed by atoms with Gasteiger partial charge in [-0.2, -0.15) is 0 Å². The number of ketones is 1. The lowest BCUT2D eigenvalue weighted by Gasteiger charge is -2.28.